The molecule has 8 nitrogen and oxygen atoms in total. The third-order valence-electron chi connectivity index (χ3n) is 5.72. The lowest BCUT2D eigenvalue weighted by molar-refractivity contribution is 0.215. The standard InChI is InChI=1S/C23H28N4O4/c1-14(2)18-11-19(21(29)12-20(18)28)22-25-26-23(30)27(22)16-3-5-17(6-4-16)31-13-15-7-9-24-10-8-15/h3-6,11-12,14-15,24,28-29H,7-10,13H2,1-2H3,(H,26,30). The first-order valence-electron chi connectivity index (χ1n) is 10.6. The average molecular weight is 425 g/mol. The highest BCUT2D eigenvalue weighted by Gasteiger charge is 2.20. The van der Waals surface area contributed by atoms with Crippen molar-refractivity contribution in [3.63, 3.8) is 0 Å². The van der Waals surface area contributed by atoms with Gasteiger partial charge in [-0.2, -0.15) is 5.10 Å². The summed E-state index contributed by atoms with van der Waals surface area (Å²) in [5.41, 5.74) is 1.21. The summed E-state index contributed by atoms with van der Waals surface area (Å²) < 4.78 is 7.33. The molecule has 4 rings (SSSR count). The number of hydrogen-bond acceptors (Lipinski definition) is 6. The third-order valence-corrected chi connectivity index (χ3v) is 5.72. The molecule has 0 amide bonds. The largest absolute Gasteiger partial charge is 0.508 e. The first-order chi connectivity index (χ1) is 14.9. The zero-order valence-corrected chi connectivity index (χ0v) is 17.8. The molecule has 1 aliphatic heterocycles. The first-order valence-corrected chi connectivity index (χ1v) is 10.6. The van der Waals surface area contributed by atoms with Gasteiger partial charge in [-0.3, -0.25) is 0 Å². The van der Waals surface area contributed by atoms with E-state index in [1.165, 1.54) is 10.6 Å². The van der Waals surface area contributed by atoms with E-state index in [1.807, 2.05) is 26.0 Å². The molecular weight excluding hydrogens is 396 g/mol. The highest BCUT2D eigenvalue weighted by atomic mass is 16.5. The predicted molar refractivity (Wildman–Crippen MR) is 118 cm³/mol. The highest BCUT2D eigenvalue weighted by molar-refractivity contribution is 5.69. The lowest BCUT2D eigenvalue weighted by Crippen LogP contribution is -2.30. The van der Waals surface area contributed by atoms with Gasteiger partial charge in [-0.15, -0.1) is 0 Å². The molecule has 31 heavy (non-hydrogen) atoms. The number of piperidine rings is 1. The van der Waals surface area contributed by atoms with Crippen LogP contribution in [0.2, 0.25) is 0 Å². The second-order valence-electron chi connectivity index (χ2n) is 8.27. The number of hydrogen-bond donors (Lipinski definition) is 4. The van der Waals surface area contributed by atoms with Crippen molar-refractivity contribution < 1.29 is 14.9 Å². The molecule has 1 fully saturated rings. The van der Waals surface area contributed by atoms with Crippen molar-refractivity contribution in [3.8, 4) is 34.3 Å². The number of rotatable bonds is 6. The van der Waals surface area contributed by atoms with Crippen LogP contribution in [0.4, 0.5) is 0 Å². The predicted octanol–water partition coefficient (Wildman–Crippen LogP) is 3.14. The van der Waals surface area contributed by atoms with E-state index in [9.17, 15) is 15.0 Å². The quantitative estimate of drug-likeness (QED) is 0.484. The van der Waals surface area contributed by atoms with Crippen LogP contribution in [-0.4, -0.2) is 44.7 Å². The molecular formula is C23H28N4O4. The number of ether oxygens (including phenoxy) is 1. The molecule has 4 N–H and O–H groups in total. The number of aromatic hydroxyl groups is 2. The fourth-order valence-electron chi connectivity index (χ4n) is 3.91. The minimum Gasteiger partial charge on any atom is -0.508 e. The Morgan fingerprint density at radius 1 is 1.13 bits per heavy atom. The van der Waals surface area contributed by atoms with E-state index in [1.54, 1.807) is 18.2 Å². The van der Waals surface area contributed by atoms with E-state index in [-0.39, 0.29) is 23.2 Å². The molecule has 0 unspecified atom stereocenters. The molecule has 164 valence electrons. The van der Waals surface area contributed by atoms with Crippen molar-refractivity contribution in [2.75, 3.05) is 19.7 Å². The van der Waals surface area contributed by atoms with E-state index >= 15 is 0 Å². The van der Waals surface area contributed by atoms with E-state index in [0.717, 1.165) is 31.7 Å². The second kappa shape index (κ2) is 8.85. The minimum absolute atomic E-state index is 0.0101. The maximum atomic E-state index is 12.5. The number of phenols is 2. The maximum Gasteiger partial charge on any atom is 0.348 e. The number of aromatic amines is 1. The Labute approximate surface area is 180 Å². The van der Waals surface area contributed by atoms with Crippen LogP contribution in [0.5, 0.6) is 17.2 Å². The molecule has 0 bridgehead atoms. The van der Waals surface area contributed by atoms with Crippen LogP contribution in [0.25, 0.3) is 17.1 Å². The van der Waals surface area contributed by atoms with Gasteiger partial charge in [0.2, 0.25) is 0 Å². The molecule has 1 aliphatic rings. The monoisotopic (exact) mass is 424 g/mol. The van der Waals surface area contributed by atoms with E-state index < -0.39 is 5.69 Å². The number of benzene rings is 2. The van der Waals surface area contributed by atoms with E-state index in [2.05, 4.69) is 15.5 Å². The Kier molecular flexibility index (Phi) is 5.99. The van der Waals surface area contributed by atoms with Gasteiger partial charge in [0.15, 0.2) is 5.82 Å². The van der Waals surface area contributed by atoms with Gasteiger partial charge < -0.3 is 20.3 Å². The molecule has 1 aromatic heterocycles. The van der Waals surface area contributed by atoms with E-state index in [4.69, 9.17) is 4.74 Å². The third kappa shape index (κ3) is 4.44. The first kappa shape index (κ1) is 21.0. The van der Waals surface area contributed by atoms with Crippen molar-refractivity contribution in [2.45, 2.75) is 32.6 Å². The molecule has 0 aliphatic carbocycles. The summed E-state index contributed by atoms with van der Waals surface area (Å²) in [6, 6.07) is 10.2. The number of H-pyrrole nitrogens is 1. The van der Waals surface area contributed by atoms with Crippen LogP contribution in [-0.2, 0) is 0 Å². The Bertz CT molecular complexity index is 1100. The van der Waals surface area contributed by atoms with Gasteiger partial charge in [0.05, 0.1) is 17.9 Å². The van der Waals surface area contributed by atoms with Gasteiger partial charge in [-0.1, -0.05) is 13.8 Å². The average Bonchev–Trinajstić information content (AvgIpc) is 3.14. The Hall–Kier alpha value is -3.26. The molecule has 0 atom stereocenters. The molecule has 0 radical (unpaired) electrons. The van der Waals surface area contributed by atoms with Gasteiger partial charge >= 0.3 is 5.69 Å². The molecule has 0 saturated carbocycles. The van der Waals surface area contributed by atoms with Gasteiger partial charge in [0.25, 0.3) is 0 Å². The lowest BCUT2D eigenvalue weighted by atomic mass is 9.98. The van der Waals surface area contributed by atoms with Crippen molar-refractivity contribution in [1.82, 2.24) is 20.1 Å². The van der Waals surface area contributed by atoms with Crippen molar-refractivity contribution >= 4 is 0 Å². The summed E-state index contributed by atoms with van der Waals surface area (Å²) in [6.07, 6.45) is 2.22. The van der Waals surface area contributed by atoms with E-state index in [0.29, 0.717) is 29.3 Å². The lowest BCUT2D eigenvalue weighted by Gasteiger charge is -2.22. The highest BCUT2D eigenvalue weighted by Crippen LogP contribution is 2.37. The van der Waals surface area contributed by atoms with Gasteiger partial charge in [-0.25, -0.2) is 14.5 Å². The molecule has 1 saturated heterocycles. The zero-order valence-electron chi connectivity index (χ0n) is 17.8. The fraction of sp³-hybridized carbons (Fsp3) is 0.391. The fourth-order valence-corrected chi connectivity index (χ4v) is 3.91. The maximum absolute atomic E-state index is 12.5. The Morgan fingerprint density at radius 2 is 1.84 bits per heavy atom. The summed E-state index contributed by atoms with van der Waals surface area (Å²) in [5, 5.41) is 30.5. The molecule has 3 aromatic rings. The molecule has 0 spiro atoms. The van der Waals surface area contributed by atoms with Crippen LogP contribution in [0.15, 0.2) is 41.2 Å². The zero-order chi connectivity index (χ0) is 22.0. The van der Waals surface area contributed by atoms with Crippen LogP contribution >= 0.6 is 0 Å². The smallest absolute Gasteiger partial charge is 0.348 e. The van der Waals surface area contributed by atoms with Crippen LogP contribution in [0.3, 0.4) is 0 Å². The topological polar surface area (TPSA) is 112 Å². The van der Waals surface area contributed by atoms with Gasteiger partial charge in [-0.05, 0) is 73.7 Å². The van der Waals surface area contributed by atoms with Crippen LogP contribution < -0.4 is 15.7 Å². The van der Waals surface area contributed by atoms with Crippen LogP contribution in [0, 0.1) is 5.92 Å². The molecule has 2 heterocycles. The number of phenolic OH excluding ortho intramolecular Hbond substituents is 2. The summed E-state index contributed by atoms with van der Waals surface area (Å²) >= 11 is 0. The summed E-state index contributed by atoms with van der Waals surface area (Å²) in [4.78, 5) is 12.5. The van der Waals surface area contributed by atoms with Crippen molar-refractivity contribution in [3.05, 3.63) is 52.4 Å². The summed E-state index contributed by atoms with van der Waals surface area (Å²) in [6.45, 7) is 6.62. The van der Waals surface area contributed by atoms with Crippen molar-refractivity contribution in [1.29, 1.82) is 0 Å². The SMILES string of the molecule is CC(C)c1cc(-c2n[nH]c(=O)n2-c2ccc(OCC3CCNCC3)cc2)c(O)cc1O. The molecule has 2 aromatic carbocycles. The number of nitrogens with zero attached hydrogens (tertiary/aromatic N) is 2. The van der Waals surface area contributed by atoms with Gasteiger partial charge in [0.1, 0.15) is 17.2 Å². The Morgan fingerprint density at radius 3 is 2.52 bits per heavy atom. The van der Waals surface area contributed by atoms with Crippen LogP contribution in [0.1, 0.15) is 38.2 Å². The number of aromatic nitrogens is 3. The minimum atomic E-state index is -0.419. The summed E-state index contributed by atoms with van der Waals surface area (Å²) in [5.74, 6) is 1.47. The molecule has 8 heteroatoms. The number of nitrogens with one attached hydrogen (secondary N) is 2. The Balaban J connectivity index is 1.61. The summed E-state index contributed by atoms with van der Waals surface area (Å²) in [7, 11) is 0. The van der Waals surface area contributed by atoms with Gasteiger partial charge in [0, 0.05) is 6.07 Å². The second-order valence-corrected chi connectivity index (χ2v) is 8.27. The normalized spacial score (nSPS) is 14.8. The van der Waals surface area contributed by atoms with Crippen molar-refractivity contribution in [2.24, 2.45) is 5.92 Å².